The van der Waals surface area contributed by atoms with Crippen LogP contribution in [0.1, 0.15) is 39.3 Å². The summed E-state index contributed by atoms with van der Waals surface area (Å²) in [7, 11) is 0. The zero-order valence-corrected chi connectivity index (χ0v) is 16.9. The molecule has 1 aliphatic rings. The third-order valence-corrected chi connectivity index (χ3v) is 5.35. The number of carbonyl (C=O) groups is 2. The highest BCUT2D eigenvalue weighted by molar-refractivity contribution is 5.94. The summed E-state index contributed by atoms with van der Waals surface area (Å²) in [5.41, 5.74) is 1.28. The van der Waals surface area contributed by atoms with Gasteiger partial charge < -0.3 is 10.2 Å². The third-order valence-electron chi connectivity index (χ3n) is 5.35. The molecule has 0 unspecified atom stereocenters. The standard InChI is InChI=1S/C22H21F2N5O2/c1-14-12-16(6-7-18(14)23)29-13-20(26-27-29)22(31)28-10-8-15(9-11-28)25-21(30)17-4-2-3-5-19(17)24/h2-7,12-13,15H,8-11H2,1H3,(H,25,30). The van der Waals surface area contributed by atoms with E-state index < -0.39 is 11.7 Å². The number of nitrogens with zero attached hydrogens (tertiary/aromatic N) is 4. The Morgan fingerprint density at radius 3 is 2.52 bits per heavy atom. The summed E-state index contributed by atoms with van der Waals surface area (Å²) in [4.78, 5) is 26.7. The number of benzene rings is 2. The summed E-state index contributed by atoms with van der Waals surface area (Å²) in [6, 6.07) is 10.2. The van der Waals surface area contributed by atoms with Crippen molar-refractivity contribution in [1.82, 2.24) is 25.2 Å². The summed E-state index contributed by atoms with van der Waals surface area (Å²) in [5.74, 6) is -1.60. The molecule has 3 aromatic rings. The highest BCUT2D eigenvalue weighted by Gasteiger charge is 2.27. The molecular weight excluding hydrogens is 404 g/mol. The monoisotopic (exact) mass is 425 g/mol. The first-order valence-electron chi connectivity index (χ1n) is 9.96. The molecule has 31 heavy (non-hydrogen) atoms. The van der Waals surface area contributed by atoms with E-state index in [9.17, 15) is 18.4 Å². The minimum Gasteiger partial charge on any atom is -0.349 e. The van der Waals surface area contributed by atoms with Gasteiger partial charge in [-0.05, 0) is 55.7 Å². The zero-order valence-electron chi connectivity index (χ0n) is 16.9. The van der Waals surface area contributed by atoms with E-state index in [1.165, 1.54) is 35.1 Å². The Labute approximate surface area is 177 Å². The molecule has 1 fully saturated rings. The fourth-order valence-electron chi connectivity index (χ4n) is 3.56. The molecule has 9 heteroatoms. The largest absolute Gasteiger partial charge is 0.349 e. The van der Waals surface area contributed by atoms with Crippen molar-refractivity contribution in [2.75, 3.05) is 13.1 Å². The summed E-state index contributed by atoms with van der Waals surface area (Å²) >= 11 is 0. The van der Waals surface area contributed by atoms with E-state index in [1.54, 1.807) is 30.0 Å². The maximum absolute atomic E-state index is 13.8. The van der Waals surface area contributed by atoms with Crippen LogP contribution >= 0.6 is 0 Å². The molecule has 2 amide bonds. The SMILES string of the molecule is Cc1cc(-n2cc(C(=O)N3CCC(NC(=O)c4ccccc4F)CC3)nn2)ccc1F. The number of hydrogen-bond donors (Lipinski definition) is 1. The van der Waals surface area contributed by atoms with Crippen LogP contribution in [0.3, 0.4) is 0 Å². The average Bonchev–Trinajstić information content (AvgIpc) is 3.26. The van der Waals surface area contributed by atoms with Crippen LogP contribution in [0.4, 0.5) is 8.78 Å². The summed E-state index contributed by atoms with van der Waals surface area (Å²) in [5, 5.41) is 10.8. The van der Waals surface area contributed by atoms with E-state index >= 15 is 0 Å². The van der Waals surface area contributed by atoms with Crippen molar-refractivity contribution in [2.45, 2.75) is 25.8 Å². The summed E-state index contributed by atoms with van der Waals surface area (Å²) < 4.78 is 28.7. The van der Waals surface area contributed by atoms with Gasteiger partial charge in [0, 0.05) is 19.1 Å². The molecule has 2 heterocycles. The predicted octanol–water partition coefficient (Wildman–Crippen LogP) is 2.89. The minimum absolute atomic E-state index is 0.00801. The predicted molar refractivity (Wildman–Crippen MR) is 109 cm³/mol. The van der Waals surface area contributed by atoms with Gasteiger partial charge in [0.15, 0.2) is 5.69 Å². The lowest BCUT2D eigenvalue weighted by atomic mass is 10.0. The maximum atomic E-state index is 13.8. The van der Waals surface area contributed by atoms with Crippen LogP contribution in [-0.4, -0.2) is 50.8 Å². The smallest absolute Gasteiger partial charge is 0.276 e. The Hall–Kier alpha value is -3.62. The van der Waals surface area contributed by atoms with E-state index in [0.29, 0.717) is 37.2 Å². The second-order valence-electron chi connectivity index (χ2n) is 7.50. The molecule has 7 nitrogen and oxygen atoms in total. The van der Waals surface area contributed by atoms with Crippen LogP contribution in [0.2, 0.25) is 0 Å². The number of aromatic nitrogens is 3. The molecule has 1 N–H and O–H groups in total. The first-order chi connectivity index (χ1) is 14.9. The molecule has 0 bridgehead atoms. The van der Waals surface area contributed by atoms with Crippen molar-refractivity contribution in [1.29, 1.82) is 0 Å². The fraction of sp³-hybridized carbons (Fsp3) is 0.273. The number of nitrogens with one attached hydrogen (secondary N) is 1. The van der Waals surface area contributed by atoms with E-state index in [2.05, 4.69) is 15.6 Å². The molecule has 4 rings (SSSR count). The Kier molecular flexibility index (Phi) is 5.75. The number of piperidine rings is 1. The van der Waals surface area contributed by atoms with E-state index in [4.69, 9.17) is 0 Å². The fourth-order valence-corrected chi connectivity index (χ4v) is 3.56. The number of hydrogen-bond acceptors (Lipinski definition) is 4. The van der Waals surface area contributed by atoms with Gasteiger partial charge in [0.25, 0.3) is 11.8 Å². The number of aryl methyl sites for hydroxylation is 1. The van der Waals surface area contributed by atoms with Crippen LogP contribution in [0.25, 0.3) is 5.69 Å². The molecule has 2 aromatic carbocycles. The van der Waals surface area contributed by atoms with Crippen LogP contribution < -0.4 is 5.32 Å². The van der Waals surface area contributed by atoms with Gasteiger partial charge in [-0.25, -0.2) is 13.5 Å². The molecule has 0 aliphatic carbocycles. The van der Waals surface area contributed by atoms with Gasteiger partial charge in [-0.3, -0.25) is 9.59 Å². The van der Waals surface area contributed by atoms with Gasteiger partial charge in [0.05, 0.1) is 17.4 Å². The Balaban J connectivity index is 1.35. The molecule has 0 radical (unpaired) electrons. The number of halogens is 2. The number of carbonyl (C=O) groups excluding carboxylic acids is 2. The highest BCUT2D eigenvalue weighted by Crippen LogP contribution is 2.16. The van der Waals surface area contributed by atoms with Crippen molar-refractivity contribution in [3.63, 3.8) is 0 Å². The number of likely N-dealkylation sites (tertiary alicyclic amines) is 1. The van der Waals surface area contributed by atoms with Crippen LogP contribution in [0.5, 0.6) is 0 Å². The second-order valence-corrected chi connectivity index (χ2v) is 7.50. The first kappa shape index (κ1) is 20.6. The lowest BCUT2D eigenvalue weighted by Gasteiger charge is -2.31. The lowest BCUT2D eigenvalue weighted by Crippen LogP contribution is -2.46. The normalized spacial score (nSPS) is 14.5. The molecule has 160 valence electrons. The molecule has 1 saturated heterocycles. The van der Waals surface area contributed by atoms with Crippen molar-refractivity contribution < 1.29 is 18.4 Å². The molecule has 0 atom stereocenters. The van der Waals surface area contributed by atoms with Gasteiger partial charge in [-0.15, -0.1) is 5.10 Å². The second kappa shape index (κ2) is 8.63. The summed E-state index contributed by atoms with van der Waals surface area (Å²) in [6.45, 7) is 2.52. The lowest BCUT2D eigenvalue weighted by molar-refractivity contribution is 0.0692. The summed E-state index contributed by atoms with van der Waals surface area (Å²) in [6.07, 6.45) is 2.62. The van der Waals surface area contributed by atoms with Crippen LogP contribution in [-0.2, 0) is 0 Å². The topological polar surface area (TPSA) is 80.1 Å². The van der Waals surface area contributed by atoms with E-state index in [1.807, 2.05) is 0 Å². The highest BCUT2D eigenvalue weighted by atomic mass is 19.1. The van der Waals surface area contributed by atoms with Crippen molar-refractivity contribution in [3.05, 3.63) is 77.1 Å². The Bertz CT molecular complexity index is 1120. The molecule has 0 spiro atoms. The van der Waals surface area contributed by atoms with Gasteiger partial charge in [0.2, 0.25) is 0 Å². The molecular formula is C22H21F2N5O2. The van der Waals surface area contributed by atoms with Crippen molar-refractivity contribution >= 4 is 11.8 Å². The van der Waals surface area contributed by atoms with Gasteiger partial charge in [-0.2, -0.15) is 0 Å². The minimum atomic E-state index is -0.563. The average molecular weight is 425 g/mol. The van der Waals surface area contributed by atoms with Gasteiger partial charge in [-0.1, -0.05) is 17.3 Å². The van der Waals surface area contributed by atoms with Crippen molar-refractivity contribution in [3.8, 4) is 5.69 Å². The van der Waals surface area contributed by atoms with Gasteiger partial charge >= 0.3 is 0 Å². The van der Waals surface area contributed by atoms with Crippen molar-refractivity contribution in [2.24, 2.45) is 0 Å². The quantitative estimate of drug-likeness (QED) is 0.697. The first-order valence-corrected chi connectivity index (χ1v) is 9.96. The zero-order chi connectivity index (χ0) is 22.0. The van der Waals surface area contributed by atoms with Crippen LogP contribution in [0.15, 0.2) is 48.7 Å². The molecule has 1 aromatic heterocycles. The molecule has 0 saturated carbocycles. The maximum Gasteiger partial charge on any atom is 0.276 e. The molecule has 1 aliphatic heterocycles. The van der Waals surface area contributed by atoms with E-state index in [0.717, 1.165) is 0 Å². The number of amides is 2. The Morgan fingerprint density at radius 2 is 1.81 bits per heavy atom. The Morgan fingerprint density at radius 1 is 1.06 bits per heavy atom. The van der Waals surface area contributed by atoms with Gasteiger partial charge in [0.1, 0.15) is 11.6 Å². The number of rotatable bonds is 4. The third kappa shape index (κ3) is 4.45. The van der Waals surface area contributed by atoms with E-state index in [-0.39, 0.29) is 29.0 Å². The van der Waals surface area contributed by atoms with Crippen LogP contribution in [0, 0.1) is 18.6 Å².